The van der Waals surface area contributed by atoms with Crippen molar-refractivity contribution in [3.05, 3.63) is 54.2 Å². The largest absolute Gasteiger partial charge is 0.384 e. The zero-order valence-electron chi connectivity index (χ0n) is 9.77. The van der Waals surface area contributed by atoms with Gasteiger partial charge in [-0.3, -0.25) is 0 Å². The van der Waals surface area contributed by atoms with Crippen molar-refractivity contribution < 1.29 is 8.78 Å². The molecule has 3 rings (SSSR count). The second-order valence-corrected chi connectivity index (χ2v) is 4.12. The van der Waals surface area contributed by atoms with Crippen LogP contribution in [0.25, 0.3) is 22.2 Å². The molecule has 3 aromatic rings. The first-order valence-electron chi connectivity index (χ1n) is 5.61. The van der Waals surface area contributed by atoms with Crippen LogP contribution in [0.1, 0.15) is 0 Å². The molecule has 0 aliphatic rings. The minimum absolute atomic E-state index is 0.350. The predicted octanol–water partition coefficient (Wildman–Crippen LogP) is 3.16. The first kappa shape index (κ1) is 11.5. The average molecular weight is 257 g/mol. The highest BCUT2D eigenvalue weighted by Gasteiger charge is 2.08. The van der Waals surface area contributed by atoms with Gasteiger partial charge in [0.15, 0.2) is 5.65 Å². The highest BCUT2D eigenvalue weighted by Crippen LogP contribution is 2.28. The topological polar surface area (TPSA) is 51.8 Å². The summed E-state index contributed by atoms with van der Waals surface area (Å²) in [5, 5.41) is 0.696. The number of halogens is 2. The molecule has 0 aliphatic heterocycles. The average Bonchev–Trinajstić information content (AvgIpc) is 2.36. The number of fused-ring (bicyclic) bond motifs is 1. The zero-order chi connectivity index (χ0) is 13.4. The van der Waals surface area contributed by atoms with E-state index in [-0.39, 0.29) is 0 Å². The van der Waals surface area contributed by atoms with Gasteiger partial charge in [0.1, 0.15) is 17.5 Å². The lowest BCUT2D eigenvalue weighted by molar-refractivity contribution is 0.584. The Bertz CT molecular complexity index is 751. The third-order valence-electron chi connectivity index (χ3n) is 2.80. The van der Waals surface area contributed by atoms with Gasteiger partial charge in [-0.1, -0.05) is 0 Å². The standard InChI is InChI=1S/C14H9F2N3/c15-9-5-8(6-10(16)7-9)11-3-4-18-14-12(11)1-2-13(17)19-14/h1-7H,(H2,17,18,19). The van der Waals surface area contributed by atoms with Gasteiger partial charge in [-0.25, -0.2) is 18.7 Å². The van der Waals surface area contributed by atoms with Gasteiger partial charge in [-0.15, -0.1) is 0 Å². The fraction of sp³-hybridized carbons (Fsp3) is 0. The van der Waals surface area contributed by atoms with Crippen LogP contribution in [0.15, 0.2) is 42.6 Å². The van der Waals surface area contributed by atoms with Crippen LogP contribution in [0.5, 0.6) is 0 Å². The van der Waals surface area contributed by atoms with Crippen LogP contribution in [-0.2, 0) is 0 Å². The van der Waals surface area contributed by atoms with E-state index >= 15 is 0 Å². The van der Waals surface area contributed by atoms with Gasteiger partial charge in [0.2, 0.25) is 0 Å². The molecule has 0 atom stereocenters. The van der Waals surface area contributed by atoms with Crippen LogP contribution in [0.3, 0.4) is 0 Å². The molecule has 2 heterocycles. The van der Waals surface area contributed by atoms with Gasteiger partial charge in [0.25, 0.3) is 0 Å². The first-order valence-corrected chi connectivity index (χ1v) is 5.61. The number of pyridine rings is 2. The van der Waals surface area contributed by atoms with Gasteiger partial charge >= 0.3 is 0 Å². The molecule has 3 nitrogen and oxygen atoms in total. The predicted molar refractivity (Wildman–Crippen MR) is 69.3 cm³/mol. The number of nitrogen functional groups attached to an aromatic ring is 1. The third kappa shape index (κ3) is 2.10. The first-order chi connectivity index (χ1) is 9.13. The molecular weight excluding hydrogens is 248 g/mol. The molecule has 0 bridgehead atoms. The van der Waals surface area contributed by atoms with E-state index in [1.807, 2.05) is 0 Å². The molecule has 0 unspecified atom stereocenters. The second kappa shape index (κ2) is 4.28. The van der Waals surface area contributed by atoms with E-state index in [9.17, 15) is 8.78 Å². The Kier molecular flexibility index (Phi) is 2.59. The SMILES string of the molecule is Nc1ccc2c(-c3cc(F)cc(F)c3)ccnc2n1. The van der Waals surface area contributed by atoms with E-state index < -0.39 is 11.6 Å². The van der Waals surface area contributed by atoms with Crippen molar-refractivity contribution in [3.8, 4) is 11.1 Å². The van der Waals surface area contributed by atoms with E-state index in [0.717, 1.165) is 6.07 Å². The van der Waals surface area contributed by atoms with Crippen LogP contribution >= 0.6 is 0 Å². The van der Waals surface area contributed by atoms with Crippen molar-refractivity contribution in [3.63, 3.8) is 0 Å². The molecule has 0 saturated carbocycles. The van der Waals surface area contributed by atoms with Crippen LogP contribution in [0, 0.1) is 11.6 Å². The fourth-order valence-corrected chi connectivity index (χ4v) is 2.00. The number of benzene rings is 1. The molecule has 1 aromatic carbocycles. The Morgan fingerprint density at radius 2 is 1.68 bits per heavy atom. The van der Waals surface area contributed by atoms with E-state index in [2.05, 4.69) is 9.97 Å². The van der Waals surface area contributed by atoms with E-state index in [4.69, 9.17) is 5.73 Å². The summed E-state index contributed by atoms with van der Waals surface area (Å²) in [6.07, 6.45) is 1.53. The van der Waals surface area contributed by atoms with Crippen molar-refractivity contribution in [2.75, 3.05) is 5.73 Å². The molecule has 0 spiro atoms. The summed E-state index contributed by atoms with van der Waals surface area (Å²) in [4.78, 5) is 8.18. The summed E-state index contributed by atoms with van der Waals surface area (Å²) in [6, 6.07) is 8.44. The van der Waals surface area contributed by atoms with Gasteiger partial charge in [-0.2, -0.15) is 0 Å². The molecule has 0 radical (unpaired) electrons. The summed E-state index contributed by atoms with van der Waals surface area (Å²) in [7, 11) is 0. The number of aromatic nitrogens is 2. The van der Waals surface area contributed by atoms with Crippen LogP contribution in [-0.4, -0.2) is 9.97 Å². The highest BCUT2D eigenvalue weighted by atomic mass is 19.1. The fourth-order valence-electron chi connectivity index (χ4n) is 2.00. The monoisotopic (exact) mass is 257 g/mol. The Morgan fingerprint density at radius 3 is 2.42 bits per heavy atom. The summed E-state index contributed by atoms with van der Waals surface area (Å²) in [5.74, 6) is -0.894. The number of anilines is 1. The van der Waals surface area contributed by atoms with E-state index in [1.54, 1.807) is 18.2 Å². The Morgan fingerprint density at radius 1 is 0.947 bits per heavy atom. The lowest BCUT2D eigenvalue weighted by Crippen LogP contribution is -1.93. The lowest BCUT2D eigenvalue weighted by atomic mass is 10.0. The van der Waals surface area contributed by atoms with E-state index in [0.29, 0.717) is 28.0 Å². The van der Waals surface area contributed by atoms with Crippen molar-refractivity contribution in [2.45, 2.75) is 0 Å². The number of rotatable bonds is 1. The third-order valence-corrected chi connectivity index (χ3v) is 2.80. The maximum Gasteiger partial charge on any atom is 0.162 e. The second-order valence-electron chi connectivity index (χ2n) is 4.12. The van der Waals surface area contributed by atoms with Crippen LogP contribution in [0.2, 0.25) is 0 Å². The Labute approximate surface area is 107 Å². The van der Waals surface area contributed by atoms with Crippen molar-refractivity contribution in [1.82, 2.24) is 9.97 Å². The van der Waals surface area contributed by atoms with Crippen LogP contribution < -0.4 is 5.73 Å². The summed E-state index contributed by atoms with van der Waals surface area (Å²) >= 11 is 0. The maximum absolute atomic E-state index is 13.3. The summed E-state index contributed by atoms with van der Waals surface area (Å²) in [6.45, 7) is 0. The number of hydrogen-bond acceptors (Lipinski definition) is 3. The van der Waals surface area contributed by atoms with Crippen LogP contribution in [0.4, 0.5) is 14.6 Å². The lowest BCUT2D eigenvalue weighted by Gasteiger charge is -2.06. The number of nitrogens with zero attached hydrogens (tertiary/aromatic N) is 2. The Balaban J connectivity index is 2.30. The highest BCUT2D eigenvalue weighted by molar-refractivity contribution is 5.92. The molecule has 94 valence electrons. The molecule has 2 N–H and O–H groups in total. The quantitative estimate of drug-likeness (QED) is 0.728. The van der Waals surface area contributed by atoms with Gasteiger partial charge in [0.05, 0.1) is 0 Å². The molecule has 5 heteroatoms. The molecule has 0 fully saturated rings. The molecule has 0 saturated heterocycles. The normalized spacial score (nSPS) is 10.8. The minimum atomic E-state index is -0.622. The Hall–Kier alpha value is -2.56. The molecule has 2 aromatic heterocycles. The molecular formula is C14H9F2N3. The van der Waals surface area contributed by atoms with Gasteiger partial charge in [0, 0.05) is 17.6 Å². The van der Waals surface area contributed by atoms with Gasteiger partial charge in [-0.05, 0) is 41.5 Å². The van der Waals surface area contributed by atoms with Crippen molar-refractivity contribution >= 4 is 16.9 Å². The summed E-state index contributed by atoms with van der Waals surface area (Å²) < 4.78 is 26.6. The van der Waals surface area contributed by atoms with E-state index in [1.165, 1.54) is 18.3 Å². The zero-order valence-corrected chi connectivity index (χ0v) is 9.77. The smallest absolute Gasteiger partial charge is 0.162 e. The minimum Gasteiger partial charge on any atom is -0.384 e. The maximum atomic E-state index is 13.3. The molecule has 19 heavy (non-hydrogen) atoms. The van der Waals surface area contributed by atoms with Crippen molar-refractivity contribution in [1.29, 1.82) is 0 Å². The number of nitrogens with two attached hydrogens (primary N) is 1. The number of hydrogen-bond donors (Lipinski definition) is 1. The van der Waals surface area contributed by atoms with Gasteiger partial charge < -0.3 is 5.73 Å². The molecule has 0 aliphatic carbocycles. The molecule has 0 amide bonds. The summed E-state index contributed by atoms with van der Waals surface area (Å²) in [5.41, 5.74) is 7.14. The van der Waals surface area contributed by atoms with Crippen molar-refractivity contribution in [2.24, 2.45) is 0 Å².